The Hall–Kier alpha value is -0.590. The third-order valence-electron chi connectivity index (χ3n) is 2.39. The number of hydrogen-bond donors (Lipinski definition) is 0. The topological polar surface area (TPSA) is 36.3 Å². The van der Waals surface area contributed by atoms with Crippen molar-refractivity contribution in [3.05, 3.63) is 0 Å². The van der Waals surface area contributed by atoms with E-state index in [1.54, 1.807) is 0 Å². The van der Waals surface area contributed by atoms with Crippen LogP contribution >= 0.6 is 0 Å². The maximum absolute atomic E-state index is 8.58. The highest BCUT2D eigenvalue weighted by Crippen LogP contribution is 2.13. The van der Waals surface area contributed by atoms with Gasteiger partial charge in [-0.15, -0.1) is 0 Å². The van der Waals surface area contributed by atoms with Crippen LogP contribution < -0.4 is 0 Å². The minimum atomic E-state index is 0.557. The van der Waals surface area contributed by atoms with Gasteiger partial charge in [0.15, 0.2) is 0 Å². The van der Waals surface area contributed by atoms with Crippen LogP contribution in [-0.4, -0.2) is 37.2 Å². The molecule has 0 aromatic heterocycles. The molecule has 0 amide bonds. The second kappa shape index (κ2) is 5.13. The summed E-state index contributed by atoms with van der Waals surface area (Å²) in [4.78, 5) is 2.22. The maximum Gasteiger partial charge on any atom is 0.0868 e. The summed E-state index contributed by atoms with van der Waals surface area (Å²) in [5.41, 5.74) is 0. The molecular formula is C9H16N2O. The molecule has 0 aliphatic carbocycles. The van der Waals surface area contributed by atoms with E-state index < -0.39 is 0 Å². The molecule has 1 aliphatic heterocycles. The second-order valence-electron chi connectivity index (χ2n) is 3.06. The van der Waals surface area contributed by atoms with Crippen molar-refractivity contribution in [3.8, 4) is 6.07 Å². The third-order valence-corrected chi connectivity index (χ3v) is 2.39. The molecule has 0 saturated carbocycles. The summed E-state index contributed by atoms with van der Waals surface area (Å²) in [6, 6.07) is 2.77. The molecule has 1 fully saturated rings. The molecule has 0 spiro atoms. The van der Waals surface area contributed by atoms with Crippen LogP contribution in [0.25, 0.3) is 0 Å². The van der Waals surface area contributed by atoms with E-state index in [0.29, 0.717) is 12.6 Å². The Morgan fingerprint density at radius 1 is 1.50 bits per heavy atom. The lowest BCUT2D eigenvalue weighted by Gasteiger charge is -2.31. The maximum atomic E-state index is 8.58. The SMILES string of the molecule is CCN(CC#N)C1CCOCC1. The summed E-state index contributed by atoms with van der Waals surface area (Å²) in [5, 5.41) is 8.58. The van der Waals surface area contributed by atoms with E-state index in [0.717, 1.165) is 32.6 Å². The van der Waals surface area contributed by atoms with Crippen molar-refractivity contribution in [1.82, 2.24) is 4.90 Å². The molecule has 12 heavy (non-hydrogen) atoms. The zero-order chi connectivity index (χ0) is 8.81. The van der Waals surface area contributed by atoms with Crippen molar-refractivity contribution in [2.24, 2.45) is 0 Å². The number of nitrogens with zero attached hydrogens (tertiary/aromatic N) is 2. The second-order valence-corrected chi connectivity index (χ2v) is 3.06. The van der Waals surface area contributed by atoms with Crippen LogP contribution in [0.1, 0.15) is 19.8 Å². The summed E-state index contributed by atoms with van der Waals surface area (Å²) >= 11 is 0. The first-order chi connectivity index (χ1) is 5.88. The van der Waals surface area contributed by atoms with Gasteiger partial charge in [0.25, 0.3) is 0 Å². The fourth-order valence-electron chi connectivity index (χ4n) is 1.64. The van der Waals surface area contributed by atoms with E-state index in [-0.39, 0.29) is 0 Å². The molecule has 3 nitrogen and oxygen atoms in total. The highest BCUT2D eigenvalue weighted by Gasteiger charge is 2.19. The van der Waals surface area contributed by atoms with E-state index in [1.165, 1.54) is 0 Å². The number of hydrogen-bond acceptors (Lipinski definition) is 3. The van der Waals surface area contributed by atoms with Crippen molar-refractivity contribution in [2.75, 3.05) is 26.3 Å². The highest BCUT2D eigenvalue weighted by molar-refractivity contribution is 4.82. The Bertz CT molecular complexity index is 158. The normalized spacial score (nSPS) is 19.4. The molecule has 0 aromatic carbocycles. The van der Waals surface area contributed by atoms with Gasteiger partial charge in [-0.2, -0.15) is 5.26 Å². The lowest BCUT2D eigenvalue weighted by Crippen LogP contribution is -2.39. The summed E-state index contributed by atoms with van der Waals surface area (Å²) < 4.78 is 5.26. The molecule has 68 valence electrons. The van der Waals surface area contributed by atoms with Crippen LogP contribution in [0.2, 0.25) is 0 Å². The van der Waals surface area contributed by atoms with Crippen molar-refractivity contribution < 1.29 is 4.74 Å². The van der Waals surface area contributed by atoms with Gasteiger partial charge in [-0.05, 0) is 19.4 Å². The van der Waals surface area contributed by atoms with Crippen LogP contribution in [0.15, 0.2) is 0 Å². The molecule has 0 radical (unpaired) electrons. The van der Waals surface area contributed by atoms with Crippen LogP contribution in [0.4, 0.5) is 0 Å². The zero-order valence-electron chi connectivity index (χ0n) is 7.62. The molecule has 0 unspecified atom stereocenters. The van der Waals surface area contributed by atoms with Crippen molar-refractivity contribution in [3.63, 3.8) is 0 Å². The van der Waals surface area contributed by atoms with Gasteiger partial charge in [0.2, 0.25) is 0 Å². The first-order valence-electron chi connectivity index (χ1n) is 4.57. The van der Waals surface area contributed by atoms with Gasteiger partial charge < -0.3 is 4.74 Å². The quantitative estimate of drug-likeness (QED) is 0.590. The molecule has 1 saturated heterocycles. The molecule has 1 aliphatic rings. The predicted octanol–water partition coefficient (Wildman–Crippen LogP) is 1.01. The van der Waals surface area contributed by atoms with Gasteiger partial charge >= 0.3 is 0 Å². The first kappa shape index (κ1) is 9.50. The minimum absolute atomic E-state index is 0.557. The molecule has 0 bridgehead atoms. The highest BCUT2D eigenvalue weighted by atomic mass is 16.5. The summed E-state index contributed by atoms with van der Waals surface area (Å²) in [6.07, 6.45) is 2.16. The molecule has 0 atom stereocenters. The van der Waals surface area contributed by atoms with Gasteiger partial charge in [-0.25, -0.2) is 0 Å². The summed E-state index contributed by atoms with van der Waals surface area (Å²) in [7, 11) is 0. The van der Waals surface area contributed by atoms with E-state index in [2.05, 4.69) is 17.9 Å². The summed E-state index contributed by atoms with van der Waals surface area (Å²) in [5.74, 6) is 0. The van der Waals surface area contributed by atoms with E-state index in [9.17, 15) is 0 Å². The first-order valence-corrected chi connectivity index (χ1v) is 4.57. The van der Waals surface area contributed by atoms with Gasteiger partial charge in [0, 0.05) is 19.3 Å². The van der Waals surface area contributed by atoms with Crippen LogP contribution in [0, 0.1) is 11.3 Å². The predicted molar refractivity (Wildman–Crippen MR) is 46.7 cm³/mol. The lowest BCUT2D eigenvalue weighted by atomic mass is 10.1. The largest absolute Gasteiger partial charge is 0.381 e. The van der Waals surface area contributed by atoms with Crippen LogP contribution in [-0.2, 0) is 4.74 Å². The van der Waals surface area contributed by atoms with Gasteiger partial charge in [-0.1, -0.05) is 6.92 Å². The van der Waals surface area contributed by atoms with Gasteiger partial charge in [0.05, 0.1) is 12.6 Å². The molecule has 1 heterocycles. The van der Waals surface area contributed by atoms with E-state index >= 15 is 0 Å². The Morgan fingerprint density at radius 2 is 2.17 bits per heavy atom. The number of rotatable bonds is 3. The Labute approximate surface area is 73.9 Å². The van der Waals surface area contributed by atoms with E-state index in [1.807, 2.05) is 0 Å². The van der Waals surface area contributed by atoms with Crippen molar-refractivity contribution >= 4 is 0 Å². The molecule has 0 aromatic rings. The van der Waals surface area contributed by atoms with Crippen LogP contribution in [0.3, 0.4) is 0 Å². The lowest BCUT2D eigenvalue weighted by molar-refractivity contribution is 0.0404. The molecule has 1 rings (SSSR count). The van der Waals surface area contributed by atoms with Crippen LogP contribution in [0.5, 0.6) is 0 Å². The standard InChI is InChI=1S/C9H16N2O/c1-2-11(6-5-10)9-3-7-12-8-4-9/h9H,2-4,6-8H2,1H3. The van der Waals surface area contributed by atoms with E-state index in [4.69, 9.17) is 10.00 Å². The fourth-order valence-corrected chi connectivity index (χ4v) is 1.64. The van der Waals surface area contributed by atoms with Gasteiger partial charge in [-0.3, -0.25) is 4.90 Å². The monoisotopic (exact) mass is 168 g/mol. The molecular weight excluding hydrogens is 152 g/mol. The van der Waals surface area contributed by atoms with Gasteiger partial charge in [0.1, 0.15) is 0 Å². The summed E-state index contributed by atoms with van der Waals surface area (Å²) in [6.45, 7) is 5.34. The average Bonchev–Trinajstić information content (AvgIpc) is 2.15. The Balaban J connectivity index is 2.36. The zero-order valence-corrected chi connectivity index (χ0v) is 7.62. The number of ether oxygens (including phenoxy) is 1. The fraction of sp³-hybridized carbons (Fsp3) is 0.889. The smallest absolute Gasteiger partial charge is 0.0868 e. The number of nitriles is 1. The molecule has 3 heteroatoms. The average molecular weight is 168 g/mol. The Kier molecular flexibility index (Phi) is 4.06. The van der Waals surface area contributed by atoms with Crippen molar-refractivity contribution in [1.29, 1.82) is 5.26 Å². The van der Waals surface area contributed by atoms with Crippen molar-refractivity contribution in [2.45, 2.75) is 25.8 Å². The Morgan fingerprint density at radius 3 is 2.67 bits per heavy atom. The third kappa shape index (κ3) is 2.47. The minimum Gasteiger partial charge on any atom is -0.381 e. The molecule has 0 N–H and O–H groups in total.